The van der Waals surface area contributed by atoms with Gasteiger partial charge in [-0.25, -0.2) is 0 Å². The summed E-state index contributed by atoms with van der Waals surface area (Å²) in [4.78, 5) is 23.8. The first-order valence-electron chi connectivity index (χ1n) is 7.26. The van der Waals surface area contributed by atoms with Crippen molar-refractivity contribution in [3.05, 3.63) is 6.20 Å². The Morgan fingerprint density at radius 1 is 1.45 bits per heavy atom. The molecular formula is C13H19N7O2. The number of nitrogens with two attached hydrogens (primary N) is 1. The summed E-state index contributed by atoms with van der Waals surface area (Å²) in [6.45, 7) is 3.63. The average molecular weight is 305 g/mol. The number of carbonyl (C=O) groups excluding carboxylic acids is 1. The van der Waals surface area contributed by atoms with Crippen molar-refractivity contribution >= 4 is 28.7 Å². The van der Waals surface area contributed by atoms with E-state index in [4.69, 9.17) is 5.73 Å². The number of β-amino-alcohol motifs (C(OH)–C–C–N with tert-alkyl or cyclic N) is 1. The highest BCUT2D eigenvalue weighted by Gasteiger charge is 2.26. The van der Waals surface area contributed by atoms with Gasteiger partial charge in [0.15, 0.2) is 5.65 Å². The first kappa shape index (κ1) is 14.5. The first-order valence-corrected chi connectivity index (χ1v) is 7.26. The van der Waals surface area contributed by atoms with Gasteiger partial charge in [-0.15, -0.1) is 0 Å². The number of aromatic nitrogens is 4. The molecule has 1 atom stereocenters. The Balaban J connectivity index is 1.90. The number of hydrogen-bond acceptors (Lipinski definition) is 7. The Morgan fingerprint density at radius 2 is 2.27 bits per heavy atom. The van der Waals surface area contributed by atoms with Gasteiger partial charge < -0.3 is 20.6 Å². The minimum atomic E-state index is -0.642. The first-order chi connectivity index (χ1) is 10.6. The number of aliphatic hydroxyl groups is 1. The molecule has 0 aliphatic carbocycles. The van der Waals surface area contributed by atoms with Crippen LogP contribution in [0.4, 0.5) is 11.8 Å². The number of amides is 1. The van der Waals surface area contributed by atoms with Crippen LogP contribution in [0.15, 0.2) is 6.20 Å². The minimum Gasteiger partial charge on any atom is -0.389 e. The number of fused-ring (bicyclic) bond motifs is 1. The van der Waals surface area contributed by atoms with Gasteiger partial charge in [0.05, 0.1) is 17.7 Å². The van der Waals surface area contributed by atoms with Crippen LogP contribution in [0.1, 0.15) is 13.3 Å². The lowest BCUT2D eigenvalue weighted by molar-refractivity contribution is -0.131. The minimum absolute atomic E-state index is 0.0385. The highest BCUT2D eigenvalue weighted by molar-refractivity contribution is 5.87. The number of anilines is 2. The number of carbonyl (C=O) groups is 1. The van der Waals surface area contributed by atoms with Gasteiger partial charge in [-0.3, -0.25) is 9.89 Å². The normalized spacial score (nSPS) is 19.5. The van der Waals surface area contributed by atoms with Crippen molar-refractivity contribution in [2.24, 2.45) is 0 Å². The summed E-state index contributed by atoms with van der Waals surface area (Å²) in [6, 6.07) is 0. The molecule has 0 spiro atoms. The van der Waals surface area contributed by atoms with Crippen molar-refractivity contribution in [1.82, 2.24) is 25.1 Å². The van der Waals surface area contributed by atoms with E-state index in [0.717, 1.165) is 5.39 Å². The Morgan fingerprint density at radius 3 is 3.05 bits per heavy atom. The lowest BCUT2D eigenvalue weighted by atomic mass is 10.3. The number of aromatic amines is 1. The van der Waals surface area contributed by atoms with Crippen LogP contribution < -0.4 is 10.6 Å². The number of nitrogen functional groups attached to an aromatic ring is 1. The zero-order valence-electron chi connectivity index (χ0n) is 12.4. The second kappa shape index (κ2) is 5.76. The lowest BCUT2D eigenvalue weighted by Gasteiger charge is -2.23. The Bertz CT molecular complexity index is 686. The molecule has 1 aliphatic heterocycles. The molecule has 2 aromatic rings. The van der Waals surface area contributed by atoms with E-state index >= 15 is 0 Å². The summed E-state index contributed by atoms with van der Waals surface area (Å²) in [5, 5.41) is 17.7. The molecule has 1 aliphatic rings. The molecular weight excluding hydrogens is 286 g/mol. The van der Waals surface area contributed by atoms with Gasteiger partial charge in [0.2, 0.25) is 11.9 Å². The van der Waals surface area contributed by atoms with Crippen LogP contribution in [0, 0.1) is 0 Å². The number of nitrogens with zero attached hydrogens (tertiary/aromatic N) is 5. The largest absolute Gasteiger partial charge is 0.389 e. The van der Waals surface area contributed by atoms with Gasteiger partial charge in [0.1, 0.15) is 5.82 Å². The molecule has 0 saturated carbocycles. The van der Waals surface area contributed by atoms with Crippen LogP contribution in [0.25, 0.3) is 11.0 Å². The molecule has 2 aromatic heterocycles. The summed E-state index contributed by atoms with van der Waals surface area (Å²) in [7, 11) is 0. The van der Waals surface area contributed by atoms with E-state index in [-0.39, 0.29) is 11.9 Å². The van der Waals surface area contributed by atoms with Gasteiger partial charge in [0.25, 0.3) is 0 Å². The molecule has 3 rings (SSSR count). The number of rotatable bonds is 2. The van der Waals surface area contributed by atoms with Crippen LogP contribution in [-0.4, -0.2) is 68.4 Å². The van der Waals surface area contributed by atoms with Gasteiger partial charge in [-0.05, 0) is 0 Å². The Hall–Kier alpha value is -2.42. The van der Waals surface area contributed by atoms with Crippen LogP contribution in [0.5, 0.6) is 0 Å². The quantitative estimate of drug-likeness (QED) is 0.673. The average Bonchev–Trinajstić information content (AvgIpc) is 2.87. The van der Waals surface area contributed by atoms with Crippen LogP contribution in [-0.2, 0) is 4.79 Å². The highest BCUT2D eigenvalue weighted by Crippen LogP contribution is 2.24. The zero-order valence-corrected chi connectivity index (χ0v) is 12.4. The second-order valence-electron chi connectivity index (χ2n) is 5.33. The van der Waals surface area contributed by atoms with Crippen molar-refractivity contribution in [1.29, 1.82) is 0 Å². The number of nitrogens with one attached hydrogen (secondary N) is 1. The maximum absolute atomic E-state index is 11.9. The van der Waals surface area contributed by atoms with Gasteiger partial charge in [0, 0.05) is 32.6 Å². The van der Waals surface area contributed by atoms with Crippen molar-refractivity contribution < 1.29 is 9.90 Å². The number of H-pyrrole nitrogens is 1. The highest BCUT2D eigenvalue weighted by atomic mass is 16.3. The van der Waals surface area contributed by atoms with Crippen LogP contribution >= 0.6 is 0 Å². The second-order valence-corrected chi connectivity index (χ2v) is 5.33. The molecule has 4 N–H and O–H groups in total. The summed E-state index contributed by atoms with van der Waals surface area (Å²) in [6.07, 6.45) is 1.42. The molecule has 1 saturated heterocycles. The lowest BCUT2D eigenvalue weighted by Crippen LogP contribution is -2.37. The summed E-state index contributed by atoms with van der Waals surface area (Å²) in [5.41, 5.74) is 6.30. The van der Waals surface area contributed by atoms with Crippen LogP contribution in [0.2, 0.25) is 0 Å². The fraction of sp³-hybridized carbons (Fsp3) is 0.538. The van der Waals surface area contributed by atoms with Crippen molar-refractivity contribution in [2.75, 3.05) is 36.8 Å². The number of aliphatic hydroxyl groups excluding tert-OH is 1. The predicted molar refractivity (Wildman–Crippen MR) is 81.2 cm³/mol. The van der Waals surface area contributed by atoms with Crippen molar-refractivity contribution in [2.45, 2.75) is 19.4 Å². The summed E-state index contributed by atoms with van der Waals surface area (Å²) >= 11 is 0. The van der Waals surface area contributed by atoms with E-state index in [2.05, 4.69) is 20.2 Å². The molecule has 0 radical (unpaired) electrons. The Labute approximate surface area is 127 Å². The number of hydrogen-bond donors (Lipinski definition) is 3. The third-order valence-corrected chi connectivity index (χ3v) is 3.76. The molecule has 1 amide bonds. The standard InChI is InChI=1S/C13H19N7O2/c1-2-10(22)19-3-4-20(7-8(21)6-19)12-9-5-15-18-11(9)16-13(14)17-12/h5,8,21H,2-4,6-7H2,1H3,(H3,14,15,16,17,18). The van der Waals surface area contributed by atoms with Crippen LogP contribution in [0.3, 0.4) is 0 Å². The molecule has 0 aromatic carbocycles. The van der Waals surface area contributed by atoms with Crippen molar-refractivity contribution in [3.8, 4) is 0 Å². The van der Waals surface area contributed by atoms with Crippen molar-refractivity contribution in [3.63, 3.8) is 0 Å². The maximum atomic E-state index is 11.9. The molecule has 9 nitrogen and oxygen atoms in total. The van der Waals surface area contributed by atoms with Gasteiger partial charge in [-0.2, -0.15) is 15.1 Å². The van der Waals surface area contributed by atoms with Gasteiger partial charge in [-0.1, -0.05) is 6.92 Å². The fourth-order valence-corrected chi connectivity index (χ4v) is 2.71. The monoisotopic (exact) mass is 305 g/mol. The molecule has 3 heterocycles. The van der Waals surface area contributed by atoms with E-state index < -0.39 is 6.10 Å². The SMILES string of the molecule is CCC(=O)N1CCN(c2nc(N)nc3[nH]ncc23)CC(O)C1. The molecule has 0 bridgehead atoms. The maximum Gasteiger partial charge on any atom is 0.224 e. The summed E-state index contributed by atoms with van der Waals surface area (Å²) < 4.78 is 0. The Kier molecular flexibility index (Phi) is 3.80. The fourth-order valence-electron chi connectivity index (χ4n) is 2.71. The molecule has 1 fully saturated rings. The molecule has 118 valence electrons. The van der Waals surface area contributed by atoms with E-state index in [9.17, 15) is 9.90 Å². The third kappa shape index (κ3) is 2.67. The van der Waals surface area contributed by atoms with Gasteiger partial charge >= 0.3 is 0 Å². The van der Waals surface area contributed by atoms with E-state index in [1.54, 1.807) is 11.1 Å². The smallest absolute Gasteiger partial charge is 0.224 e. The van der Waals surface area contributed by atoms with E-state index in [1.807, 2.05) is 11.8 Å². The molecule has 22 heavy (non-hydrogen) atoms. The third-order valence-electron chi connectivity index (χ3n) is 3.76. The van der Waals surface area contributed by atoms with E-state index in [0.29, 0.717) is 44.1 Å². The predicted octanol–water partition coefficient (Wildman–Crippen LogP) is -0.645. The molecule has 9 heteroatoms. The summed E-state index contributed by atoms with van der Waals surface area (Å²) in [5.74, 6) is 0.810. The topological polar surface area (TPSA) is 124 Å². The molecule has 1 unspecified atom stereocenters. The van der Waals surface area contributed by atoms with E-state index in [1.165, 1.54) is 0 Å². The zero-order chi connectivity index (χ0) is 15.7.